The molecule has 0 bridgehead atoms. The van der Waals surface area contributed by atoms with Crippen molar-refractivity contribution >= 4 is 34.1 Å². The van der Waals surface area contributed by atoms with Gasteiger partial charge >= 0.3 is 0 Å². The molecular formula is C25H25N5O4. The molecule has 1 saturated carbocycles. The Hall–Kier alpha value is -3.77. The summed E-state index contributed by atoms with van der Waals surface area (Å²) in [6.07, 6.45) is 8.62. The number of hydrogen-bond acceptors (Lipinski definition) is 6. The van der Waals surface area contributed by atoms with Crippen molar-refractivity contribution in [2.24, 2.45) is 0 Å². The summed E-state index contributed by atoms with van der Waals surface area (Å²) in [5.74, 6) is 2.31. The molecule has 0 amide bonds. The standard InChI is InChI=1S/C24H23N5O2.CH2O2/c1-14-9-18(7-8-30-14)29-22(11-17-13-31-24(27-17)15-3-4-15)28-21-12-26-20-6-5-16(25-2)10-19(20)23(21)29;2-1-3/h5-6,10,12-15,18H,3-4,7-9,11H2,1H3;1H,(H,2,3)/t14-,18-;/m1./s1. The molecule has 2 atom stereocenters. The molecule has 4 aromatic rings. The van der Waals surface area contributed by atoms with Gasteiger partial charge in [-0.15, -0.1) is 0 Å². The summed E-state index contributed by atoms with van der Waals surface area (Å²) in [5.41, 5.74) is 4.31. The smallest absolute Gasteiger partial charge is 0.290 e. The highest BCUT2D eigenvalue weighted by Gasteiger charge is 2.30. The number of rotatable bonds is 4. The summed E-state index contributed by atoms with van der Waals surface area (Å²) in [6, 6.07) is 5.96. The van der Waals surface area contributed by atoms with Gasteiger partial charge in [0, 0.05) is 24.0 Å². The fraction of sp³-hybridized carbons (Fsp3) is 0.400. The Labute approximate surface area is 196 Å². The first kappa shape index (κ1) is 22.0. The molecule has 174 valence electrons. The Balaban J connectivity index is 0.000000764. The fourth-order valence-corrected chi connectivity index (χ4v) is 4.69. The van der Waals surface area contributed by atoms with Gasteiger partial charge in [-0.2, -0.15) is 0 Å². The lowest BCUT2D eigenvalue weighted by Crippen LogP contribution is -2.26. The molecule has 0 spiro atoms. The summed E-state index contributed by atoms with van der Waals surface area (Å²) in [4.78, 5) is 26.3. The van der Waals surface area contributed by atoms with Crippen molar-refractivity contribution < 1.29 is 19.1 Å². The van der Waals surface area contributed by atoms with Crippen LogP contribution >= 0.6 is 0 Å². The van der Waals surface area contributed by atoms with E-state index in [1.54, 1.807) is 6.26 Å². The normalized spacial score (nSPS) is 20.0. The van der Waals surface area contributed by atoms with E-state index in [0.29, 0.717) is 18.0 Å². The van der Waals surface area contributed by atoms with Crippen LogP contribution in [0.5, 0.6) is 0 Å². The number of carbonyl (C=O) groups is 1. The minimum Gasteiger partial charge on any atom is -0.483 e. The topological polar surface area (TPSA) is 108 Å². The van der Waals surface area contributed by atoms with Crippen LogP contribution in [0, 0.1) is 6.57 Å². The van der Waals surface area contributed by atoms with Gasteiger partial charge in [-0.05, 0) is 44.7 Å². The summed E-state index contributed by atoms with van der Waals surface area (Å²) in [6.45, 7) is 10.1. The average molecular weight is 460 g/mol. The first-order chi connectivity index (χ1) is 16.6. The average Bonchev–Trinajstić information content (AvgIpc) is 3.47. The highest BCUT2D eigenvalue weighted by molar-refractivity contribution is 6.03. The number of imidazole rings is 1. The third kappa shape index (κ3) is 4.24. The lowest BCUT2D eigenvalue weighted by molar-refractivity contribution is -0.122. The maximum atomic E-state index is 8.36. The molecule has 1 aromatic carbocycles. The number of benzene rings is 1. The SMILES string of the molecule is O=CO.[C-]#[N+]c1ccc2ncc3nc(Cc4coc(C5CC5)n4)n([C@@H]4CCO[C@H](C)C4)c3c2c1. The van der Waals surface area contributed by atoms with Gasteiger partial charge in [0.05, 0.1) is 42.0 Å². The van der Waals surface area contributed by atoms with Crippen molar-refractivity contribution in [3.05, 3.63) is 59.5 Å². The molecule has 4 heterocycles. The summed E-state index contributed by atoms with van der Waals surface area (Å²) < 4.78 is 13.9. The zero-order valence-electron chi connectivity index (χ0n) is 18.8. The molecule has 9 heteroatoms. The first-order valence-corrected chi connectivity index (χ1v) is 11.4. The van der Waals surface area contributed by atoms with Gasteiger partial charge in [-0.25, -0.2) is 14.8 Å². The van der Waals surface area contributed by atoms with E-state index in [1.807, 2.05) is 24.4 Å². The minimum atomic E-state index is -0.250. The molecule has 34 heavy (non-hydrogen) atoms. The second-order valence-corrected chi connectivity index (χ2v) is 8.80. The maximum Gasteiger partial charge on any atom is 0.290 e. The Morgan fingerprint density at radius 1 is 1.26 bits per heavy atom. The lowest BCUT2D eigenvalue weighted by Gasteiger charge is -2.30. The fourth-order valence-electron chi connectivity index (χ4n) is 4.69. The Morgan fingerprint density at radius 2 is 2.09 bits per heavy atom. The molecule has 3 aromatic heterocycles. The van der Waals surface area contributed by atoms with E-state index in [4.69, 9.17) is 35.6 Å². The molecule has 1 aliphatic carbocycles. The van der Waals surface area contributed by atoms with Crippen molar-refractivity contribution in [2.75, 3.05) is 6.61 Å². The van der Waals surface area contributed by atoms with Crippen LogP contribution in [0.15, 0.2) is 35.1 Å². The van der Waals surface area contributed by atoms with Crippen molar-refractivity contribution in [1.82, 2.24) is 19.5 Å². The number of pyridine rings is 1. The van der Waals surface area contributed by atoms with Gasteiger partial charge in [-0.3, -0.25) is 9.78 Å². The molecule has 2 aliphatic rings. The predicted molar refractivity (Wildman–Crippen MR) is 125 cm³/mol. The lowest BCUT2D eigenvalue weighted by atomic mass is 10.0. The number of ether oxygens (including phenoxy) is 1. The highest BCUT2D eigenvalue weighted by atomic mass is 16.5. The van der Waals surface area contributed by atoms with E-state index in [9.17, 15) is 0 Å². The van der Waals surface area contributed by atoms with Gasteiger partial charge in [0.2, 0.25) is 0 Å². The molecule has 0 radical (unpaired) electrons. The third-order valence-electron chi connectivity index (χ3n) is 6.36. The molecular weight excluding hydrogens is 434 g/mol. The molecule has 9 nitrogen and oxygen atoms in total. The molecule has 0 unspecified atom stereocenters. The molecule has 1 N–H and O–H groups in total. The van der Waals surface area contributed by atoms with Gasteiger partial charge in [0.1, 0.15) is 17.6 Å². The summed E-state index contributed by atoms with van der Waals surface area (Å²) in [7, 11) is 0. The number of carboxylic acid groups (broad SMARTS) is 1. The van der Waals surface area contributed by atoms with E-state index < -0.39 is 0 Å². The van der Waals surface area contributed by atoms with E-state index in [1.165, 1.54) is 12.8 Å². The zero-order valence-corrected chi connectivity index (χ0v) is 18.8. The van der Waals surface area contributed by atoms with Gasteiger partial charge in [-0.1, -0.05) is 6.07 Å². The predicted octanol–water partition coefficient (Wildman–Crippen LogP) is 5.03. The Kier molecular flexibility index (Phi) is 5.99. The van der Waals surface area contributed by atoms with Crippen LogP contribution < -0.4 is 0 Å². The molecule has 1 aliphatic heterocycles. The van der Waals surface area contributed by atoms with Crippen molar-refractivity contribution in [3.63, 3.8) is 0 Å². The largest absolute Gasteiger partial charge is 0.483 e. The Bertz CT molecular complexity index is 1380. The quantitative estimate of drug-likeness (QED) is 0.337. The second-order valence-electron chi connectivity index (χ2n) is 8.80. The van der Waals surface area contributed by atoms with Crippen LogP contribution in [0.1, 0.15) is 62.0 Å². The number of hydrogen-bond donors (Lipinski definition) is 1. The van der Waals surface area contributed by atoms with E-state index in [-0.39, 0.29) is 18.6 Å². The van der Waals surface area contributed by atoms with Crippen molar-refractivity contribution in [1.29, 1.82) is 0 Å². The summed E-state index contributed by atoms with van der Waals surface area (Å²) >= 11 is 0. The summed E-state index contributed by atoms with van der Waals surface area (Å²) in [5, 5.41) is 7.86. The van der Waals surface area contributed by atoms with Crippen LogP contribution in [-0.4, -0.2) is 43.8 Å². The molecule has 1 saturated heterocycles. The van der Waals surface area contributed by atoms with Crippen molar-refractivity contribution in [2.45, 2.75) is 57.1 Å². The number of oxazole rings is 1. The number of aromatic nitrogens is 4. The Morgan fingerprint density at radius 3 is 2.82 bits per heavy atom. The van der Waals surface area contributed by atoms with E-state index in [0.717, 1.165) is 58.8 Å². The van der Waals surface area contributed by atoms with Gasteiger partial charge in [0.25, 0.3) is 6.47 Å². The van der Waals surface area contributed by atoms with E-state index >= 15 is 0 Å². The van der Waals surface area contributed by atoms with Crippen LogP contribution in [-0.2, 0) is 16.0 Å². The highest BCUT2D eigenvalue weighted by Crippen LogP contribution is 2.40. The maximum absolute atomic E-state index is 8.36. The van der Waals surface area contributed by atoms with Crippen LogP contribution in [0.25, 0.3) is 26.8 Å². The van der Waals surface area contributed by atoms with Gasteiger partial charge < -0.3 is 18.8 Å². The zero-order chi connectivity index (χ0) is 23.7. The van der Waals surface area contributed by atoms with Crippen molar-refractivity contribution in [3.8, 4) is 0 Å². The van der Waals surface area contributed by atoms with Crippen LogP contribution in [0.2, 0.25) is 0 Å². The first-order valence-electron chi connectivity index (χ1n) is 11.4. The molecule has 2 fully saturated rings. The monoisotopic (exact) mass is 459 g/mol. The second kappa shape index (κ2) is 9.23. The number of fused-ring (bicyclic) bond motifs is 3. The molecule has 6 rings (SSSR count). The van der Waals surface area contributed by atoms with Gasteiger partial charge in [0.15, 0.2) is 11.6 Å². The van der Waals surface area contributed by atoms with Crippen LogP contribution in [0.4, 0.5) is 5.69 Å². The van der Waals surface area contributed by atoms with E-state index in [2.05, 4.69) is 21.3 Å². The number of nitrogens with zero attached hydrogens (tertiary/aromatic N) is 5. The van der Waals surface area contributed by atoms with Crippen LogP contribution in [0.3, 0.4) is 0 Å². The third-order valence-corrected chi connectivity index (χ3v) is 6.36. The minimum absolute atomic E-state index is 0.199.